The van der Waals surface area contributed by atoms with E-state index in [2.05, 4.69) is 5.32 Å². The minimum absolute atomic E-state index is 0.0184. The van der Waals surface area contributed by atoms with Crippen LogP contribution in [0.2, 0.25) is 0 Å². The number of amides is 2. The molecule has 0 saturated carbocycles. The van der Waals surface area contributed by atoms with Gasteiger partial charge in [0.25, 0.3) is 11.8 Å². The number of ether oxygens (including phenoxy) is 1. The largest absolute Gasteiger partial charge is 0.484 e. The number of piperidine rings is 1. The van der Waals surface area contributed by atoms with Crippen LogP contribution < -0.4 is 10.1 Å². The fraction of sp³-hybridized carbons (Fsp3) is 0.276. The van der Waals surface area contributed by atoms with E-state index >= 15 is 0 Å². The van der Waals surface area contributed by atoms with Crippen molar-refractivity contribution < 1.29 is 14.3 Å². The molecule has 2 heterocycles. The summed E-state index contributed by atoms with van der Waals surface area (Å²) in [6, 6.07) is 28.5. The summed E-state index contributed by atoms with van der Waals surface area (Å²) in [5, 5.41) is 11.9. The predicted octanol–water partition coefficient (Wildman–Crippen LogP) is 3.61. The molecule has 3 aromatic rings. The number of hydrogen-bond acceptors (Lipinski definition) is 4. The first-order valence-corrected chi connectivity index (χ1v) is 12.3. The van der Waals surface area contributed by atoms with E-state index in [9.17, 15) is 9.59 Å². The number of likely N-dealkylation sites (tertiary alicyclic amines) is 1. The van der Waals surface area contributed by atoms with Crippen molar-refractivity contribution in [3.05, 3.63) is 102 Å². The lowest BCUT2D eigenvalue weighted by Gasteiger charge is -2.34. The number of para-hydroxylation sites is 1. The molecule has 0 aliphatic carbocycles. The van der Waals surface area contributed by atoms with Gasteiger partial charge in [0.15, 0.2) is 18.1 Å². The van der Waals surface area contributed by atoms with Gasteiger partial charge < -0.3 is 15.0 Å². The smallest absolute Gasteiger partial charge is 0.264 e. The standard InChI is InChI=1S/C29H30N4O3/c30-28-31-29(23-10-4-1-5-11-23,24-12-6-2-7-13-24)27(35)33(28)20-22-16-18-32(19-17-22)26(34)21-36-25-14-8-3-9-15-25/h1-15,22H,16-21H2,(H2,30,31). The Labute approximate surface area is 211 Å². The van der Waals surface area contributed by atoms with Crippen LogP contribution in [0.15, 0.2) is 91.0 Å². The van der Waals surface area contributed by atoms with Crippen LogP contribution in [-0.4, -0.2) is 53.8 Å². The van der Waals surface area contributed by atoms with Gasteiger partial charge >= 0.3 is 0 Å². The molecule has 3 aromatic carbocycles. The first kappa shape index (κ1) is 23.6. The molecular weight excluding hydrogens is 452 g/mol. The van der Waals surface area contributed by atoms with Crippen LogP contribution in [0.25, 0.3) is 0 Å². The third kappa shape index (κ3) is 4.56. The Morgan fingerprint density at radius 2 is 1.42 bits per heavy atom. The highest BCUT2D eigenvalue weighted by molar-refractivity contribution is 6.10. The lowest BCUT2D eigenvalue weighted by molar-refractivity contribution is -0.135. The maximum Gasteiger partial charge on any atom is 0.264 e. The molecular formula is C29H30N4O3. The third-order valence-electron chi connectivity index (χ3n) is 7.07. The minimum Gasteiger partial charge on any atom is -0.484 e. The number of benzene rings is 3. The molecule has 5 rings (SSSR count). The van der Waals surface area contributed by atoms with E-state index in [1.54, 1.807) is 4.90 Å². The molecule has 2 aliphatic heterocycles. The number of carbonyl (C=O) groups excluding carboxylic acids is 2. The van der Waals surface area contributed by atoms with E-state index in [4.69, 9.17) is 10.1 Å². The summed E-state index contributed by atoms with van der Waals surface area (Å²) in [4.78, 5) is 30.0. The van der Waals surface area contributed by atoms with Gasteiger partial charge in [0.1, 0.15) is 5.75 Å². The zero-order valence-electron chi connectivity index (χ0n) is 20.1. The van der Waals surface area contributed by atoms with Crippen molar-refractivity contribution in [2.75, 3.05) is 26.2 Å². The Morgan fingerprint density at radius 3 is 1.97 bits per heavy atom. The quantitative estimate of drug-likeness (QED) is 0.539. The molecule has 2 N–H and O–H groups in total. The molecule has 184 valence electrons. The van der Waals surface area contributed by atoms with Crippen LogP contribution in [0.5, 0.6) is 5.75 Å². The highest BCUT2D eigenvalue weighted by Crippen LogP contribution is 2.36. The van der Waals surface area contributed by atoms with Gasteiger partial charge in [0, 0.05) is 19.6 Å². The molecule has 2 aliphatic rings. The Bertz CT molecular complexity index is 1170. The first-order chi connectivity index (χ1) is 17.6. The number of hydrogen-bond donors (Lipinski definition) is 2. The van der Waals surface area contributed by atoms with Crippen LogP contribution in [0, 0.1) is 11.3 Å². The minimum atomic E-state index is -1.12. The molecule has 0 radical (unpaired) electrons. The predicted molar refractivity (Wildman–Crippen MR) is 137 cm³/mol. The van der Waals surface area contributed by atoms with E-state index in [0.29, 0.717) is 25.4 Å². The topological polar surface area (TPSA) is 85.7 Å². The zero-order valence-corrected chi connectivity index (χ0v) is 20.1. The normalized spacial score (nSPS) is 17.7. The van der Waals surface area contributed by atoms with Crippen molar-refractivity contribution >= 4 is 17.8 Å². The fourth-order valence-electron chi connectivity index (χ4n) is 5.09. The monoisotopic (exact) mass is 482 g/mol. The van der Waals surface area contributed by atoms with E-state index in [1.165, 1.54) is 0 Å². The van der Waals surface area contributed by atoms with Crippen molar-refractivity contribution in [1.82, 2.24) is 15.1 Å². The zero-order chi connectivity index (χ0) is 25.0. The third-order valence-corrected chi connectivity index (χ3v) is 7.07. The SMILES string of the molecule is N=C1NC(c2ccccc2)(c2ccccc2)C(=O)N1CC1CCN(C(=O)COc2ccccc2)CC1. The van der Waals surface area contributed by atoms with Gasteiger partial charge in [-0.15, -0.1) is 0 Å². The summed E-state index contributed by atoms with van der Waals surface area (Å²) < 4.78 is 5.61. The van der Waals surface area contributed by atoms with Crippen molar-refractivity contribution in [3.63, 3.8) is 0 Å². The maximum absolute atomic E-state index is 13.9. The van der Waals surface area contributed by atoms with E-state index in [0.717, 1.165) is 24.0 Å². The van der Waals surface area contributed by atoms with Gasteiger partial charge in [0.2, 0.25) is 0 Å². The molecule has 2 saturated heterocycles. The van der Waals surface area contributed by atoms with Crippen LogP contribution >= 0.6 is 0 Å². The average Bonchev–Trinajstić information content (AvgIpc) is 3.19. The molecule has 2 amide bonds. The summed E-state index contributed by atoms with van der Waals surface area (Å²) in [5.74, 6) is 0.829. The van der Waals surface area contributed by atoms with Gasteiger partial charge in [0.05, 0.1) is 0 Å². The second-order valence-corrected chi connectivity index (χ2v) is 9.30. The van der Waals surface area contributed by atoms with Crippen LogP contribution in [-0.2, 0) is 15.1 Å². The van der Waals surface area contributed by atoms with Crippen LogP contribution in [0.4, 0.5) is 0 Å². The van der Waals surface area contributed by atoms with Crippen molar-refractivity contribution in [1.29, 1.82) is 5.41 Å². The maximum atomic E-state index is 13.9. The van der Waals surface area contributed by atoms with E-state index in [-0.39, 0.29) is 30.3 Å². The summed E-state index contributed by atoms with van der Waals surface area (Å²) >= 11 is 0. The second kappa shape index (κ2) is 10.2. The highest BCUT2D eigenvalue weighted by Gasteiger charge is 2.52. The molecule has 2 fully saturated rings. The van der Waals surface area contributed by atoms with Crippen molar-refractivity contribution in [2.45, 2.75) is 18.4 Å². The highest BCUT2D eigenvalue weighted by atomic mass is 16.5. The first-order valence-electron chi connectivity index (χ1n) is 12.3. The van der Waals surface area contributed by atoms with Gasteiger partial charge in [-0.1, -0.05) is 78.9 Å². The van der Waals surface area contributed by atoms with Crippen molar-refractivity contribution in [2.24, 2.45) is 5.92 Å². The van der Waals surface area contributed by atoms with Crippen LogP contribution in [0.3, 0.4) is 0 Å². The molecule has 0 unspecified atom stereocenters. The lowest BCUT2D eigenvalue weighted by Crippen LogP contribution is -2.46. The second-order valence-electron chi connectivity index (χ2n) is 9.30. The summed E-state index contributed by atoms with van der Waals surface area (Å²) in [6.07, 6.45) is 1.55. The van der Waals surface area contributed by atoms with Crippen molar-refractivity contribution in [3.8, 4) is 5.75 Å². The molecule has 7 nitrogen and oxygen atoms in total. The average molecular weight is 483 g/mol. The molecule has 0 atom stereocenters. The molecule has 36 heavy (non-hydrogen) atoms. The number of nitrogens with one attached hydrogen (secondary N) is 2. The molecule has 0 bridgehead atoms. The van der Waals surface area contributed by atoms with Gasteiger partial charge in [-0.05, 0) is 42.0 Å². The molecule has 0 aromatic heterocycles. The van der Waals surface area contributed by atoms with Crippen LogP contribution in [0.1, 0.15) is 24.0 Å². The van der Waals surface area contributed by atoms with E-state index < -0.39 is 5.54 Å². The number of rotatable bonds is 7. The Balaban J connectivity index is 1.24. The number of carbonyl (C=O) groups is 2. The van der Waals surface area contributed by atoms with Gasteiger partial charge in [-0.3, -0.25) is 19.9 Å². The lowest BCUT2D eigenvalue weighted by atomic mass is 9.82. The molecule has 7 heteroatoms. The van der Waals surface area contributed by atoms with E-state index in [1.807, 2.05) is 95.9 Å². The summed E-state index contributed by atoms with van der Waals surface area (Å²) in [7, 11) is 0. The summed E-state index contributed by atoms with van der Waals surface area (Å²) in [6.45, 7) is 1.71. The Hall–Kier alpha value is -4.13. The van der Waals surface area contributed by atoms with Gasteiger partial charge in [-0.25, -0.2) is 0 Å². The Kier molecular flexibility index (Phi) is 6.71. The number of guanidine groups is 1. The van der Waals surface area contributed by atoms with Gasteiger partial charge in [-0.2, -0.15) is 0 Å². The summed E-state index contributed by atoms with van der Waals surface area (Å²) in [5.41, 5.74) is 0.505. The molecule has 0 spiro atoms. The Morgan fingerprint density at radius 1 is 0.889 bits per heavy atom. The fourth-order valence-corrected chi connectivity index (χ4v) is 5.09. The number of nitrogens with zero attached hydrogens (tertiary/aromatic N) is 2.